The van der Waals surface area contributed by atoms with Gasteiger partial charge in [-0.25, -0.2) is 19.3 Å². The molecule has 0 amide bonds. The molecule has 0 aliphatic carbocycles. The van der Waals surface area contributed by atoms with Crippen molar-refractivity contribution in [2.24, 2.45) is 0 Å². The van der Waals surface area contributed by atoms with Gasteiger partial charge in [0, 0.05) is 11.1 Å². The predicted molar refractivity (Wildman–Crippen MR) is 60.9 cm³/mol. The predicted octanol–water partition coefficient (Wildman–Crippen LogP) is 2.55. The molecule has 0 spiro atoms. The highest BCUT2D eigenvalue weighted by Gasteiger charge is 2.10. The lowest BCUT2D eigenvalue weighted by Gasteiger charge is -2.10. The smallest absolute Gasteiger partial charge is 0.223 e. The average molecular weight is 238 g/mol. The fraction of sp³-hybridized carbons (Fsp3) is 0.300. The molecule has 1 atom stereocenters. The van der Waals surface area contributed by atoms with Gasteiger partial charge in [-0.15, -0.1) is 11.3 Å². The van der Waals surface area contributed by atoms with Gasteiger partial charge in [0.1, 0.15) is 5.01 Å². The Morgan fingerprint density at radius 1 is 1.25 bits per heavy atom. The molecule has 84 valence electrons. The van der Waals surface area contributed by atoms with Crippen molar-refractivity contribution >= 4 is 17.3 Å². The van der Waals surface area contributed by atoms with E-state index in [0.29, 0.717) is 5.95 Å². The Labute approximate surface area is 96.6 Å². The normalized spacial score (nSPS) is 12.4. The molecule has 0 saturated carbocycles. The number of aryl methyl sites for hydroxylation is 1. The third-order valence-corrected chi connectivity index (χ3v) is 3.07. The SMILES string of the molecule is Cc1cnc(C(C)Nc2ncc(F)cn2)s1. The molecule has 16 heavy (non-hydrogen) atoms. The van der Waals surface area contributed by atoms with Crippen molar-refractivity contribution in [1.82, 2.24) is 15.0 Å². The van der Waals surface area contributed by atoms with Gasteiger partial charge in [0.05, 0.1) is 18.4 Å². The van der Waals surface area contributed by atoms with Crippen LogP contribution in [0.3, 0.4) is 0 Å². The molecule has 0 fully saturated rings. The zero-order valence-corrected chi connectivity index (χ0v) is 9.75. The van der Waals surface area contributed by atoms with Crippen LogP contribution in [-0.2, 0) is 0 Å². The van der Waals surface area contributed by atoms with E-state index in [0.717, 1.165) is 22.3 Å². The summed E-state index contributed by atoms with van der Waals surface area (Å²) in [5, 5.41) is 4.02. The zero-order chi connectivity index (χ0) is 11.5. The molecule has 0 aliphatic rings. The number of hydrogen-bond donors (Lipinski definition) is 1. The maximum Gasteiger partial charge on any atom is 0.223 e. The summed E-state index contributed by atoms with van der Waals surface area (Å²) >= 11 is 1.61. The first-order valence-corrected chi connectivity index (χ1v) is 5.63. The minimum atomic E-state index is -0.441. The van der Waals surface area contributed by atoms with Gasteiger partial charge >= 0.3 is 0 Å². The number of hydrogen-bond acceptors (Lipinski definition) is 5. The number of nitrogens with one attached hydrogen (secondary N) is 1. The number of halogens is 1. The molecule has 2 aromatic rings. The molecule has 2 aromatic heterocycles. The maximum atomic E-state index is 12.6. The van der Waals surface area contributed by atoms with E-state index in [2.05, 4.69) is 20.3 Å². The summed E-state index contributed by atoms with van der Waals surface area (Å²) < 4.78 is 12.6. The minimum Gasteiger partial charge on any atom is -0.345 e. The molecule has 6 heteroatoms. The number of anilines is 1. The standard InChI is InChI=1S/C10H11FN4S/c1-6-3-12-9(16-6)7(2)15-10-13-4-8(11)5-14-10/h3-5,7H,1-2H3,(H,13,14,15). The lowest BCUT2D eigenvalue weighted by Crippen LogP contribution is -2.08. The Hall–Kier alpha value is -1.56. The largest absolute Gasteiger partial charge is 0.345 e. The van der Waals surface area contributed by atoms with Crippen LogP contribution in [-0.4, -0.2) is 15.0 Å². The van der Waals surface area contributed by atoms with Crippen molar-refractivity contribution in [2.45, 2.75) is 19.9 Å². The second kappa shape index (κ2) is 4.52. The Balaban J connectivity index is 2.07. The molecule has 0 aliphatic heterocycles. The van der Waals surface area contributed by atoms with Crippen LogP contribution in [0.2, 0.25) is 0 Å². The number of nitrogens with zero attached hydrogens (tertiary/aromatic N) is 3. The first-order valence-electron chi connectivity index (χ1n) is 4.81. The molecule has 4 nitrogen and oxygen atoms in total. The molecule has 0 saturated heterocycles. The van der Waals surface area contributed by atoms with E-state index in [1.807, 2.05) is 20.0 Å². The van der Waals surface area contributed by atoms with E-state index in [1.54, 1.807) is 11.3 Å². The third kappa shape index (κ3) is 2.52. The zero-order valence-electron chi connectivity index (χ0n) is 8.94. The molecular formula is C10H11FN4S. The molecular weight excluding hydrogens is 227 g/mol. The van der Waals surface area contributed by atoms with Gasteiger partial charge < -0.3 is 5.32 Å². The van der Waals surface area contributed by atoms with E-state index in [9.17, 15) is 4.39 Å². The maximum absolute atomic E-state index is 12.6. The van der Waals surface area contributed by atoms with E-state index >= 15 is 0 Å². The average Bonchev–Trinajstić information content (AvgIpc) is 2.68. The summed E-state index contributed by atoms with van der Waals surface area (Å²) in [7, 11) is 0. The molecule has 2 heterocycles. The Morgan fingerprint density at radius 3 is 2.50 bits per heavy atom. The molecule has 2 rings (SSSR count). The van der Waals surface area contributed by atoms with Crippen molar-refractivity contribution in [3.05, 3.63) is 34.3 Å². The summed E-state index contributed by atoms with van der Waals surface area (Å²) in [5.74, 6) is -0.0370. The van der Waals surface area contributed by atoms with Crippen LogP contribution in [0.25, 0.3) is 0 Å². The second-order valence-electron chi connectivity index (χ2n) is 3.40. The first-order chi connectivity index (χ1) is 7.65. The number of thiazole rings is 1. The fourth-order valence-electron chi connectivity index (χ4n) is 1.21. The van der Waals surface area contributed by atoms with Crippen molar-refractivity contribution in [2.75, 3.05) is 5.32 Å². The Kier molecular flexibility index (Phi) is 3.09. The van der Waals surface area contributed by atoms with Gasteiger partial charge in [-0.1, -0.05) is 0 Å². The van der Waals surface area contributed by atoms with Gasteiger partial charge in [-0.3, -0.25) is 0 Å². The summed E-state index contributed by atoms with van der Waals surface area (Å²) in [5.41, 5.74) is 0. The van der Waals surface area contributed by atoms with Crippen LogP contribution >= 0.6 is 11.3 Å². The Morgan fingerprint density at radius 2 is 1.94 bits per heavy atom. The van der Waals surface area contributed by atoms with E-state index in [1.165, 1.54) is 0 Å². The molecule has 0 bridgehead atoms. The van der Waals surface area contributed by atoms with Crippen LogP contribution in [0.1, 0.15) is 22.9 Å². The molecule has 1 N–H and O–H groups in total. The minimum absolute atomic E-state index is 0.0177. The topological polar surface area (TPSA) is 50.7 Å². The fourth-order valence-corrected chi connectivity index (χ4v) is 1.99. The number of aromatic nitrogens is 3. The third-order valence-electron chi connectivity index (χ3n) is 1.98. The highest BCUT2D eigenvalue weighted by Crippen LogP contribution is 2.21. The van der Waals surface area contributed by atoms with Gasteiger partial charge in [0.25, 0.3) is 0 Å². The molecule has 0 aromatic carbocycles. The van der Waals surface area contributed by atoms with Crippen LogP contribution in [0.15, 0.2) is 18.6 Å². The van der Waals surface area contributed by atoms with Crippen molar-refractivity contribution in [3.8, 4) is 0 Å². The van der Waals surface area contributed by atoms with Gasteiger partial charge in [0.15, 0.2) is 5.82 Å². The second-order valence-corrected chi connectivity index (χ2v) is 4.67. The van der Waals surface area contributed by atoms with E-state index in [-0.39, 0.29) is 6.04 Å². The van der Waals surface area contributed by atoms with Gasteiger partial charge in [0.2, 0.25) is 5.95 Å². The lowest BCUT2D eigenvalue weighted by atomic mass is 10.4. The highest BCUT2D eigenvalue weighted by atomic mass is 32.1. The summed E-state index contributed by atoms with van der Waals surface area (Å²) in [6, 6.07) is 0.0177. The van der Waals surface area contributed by atoms with Crippen LogP contribution in [0.4, 0.5) is 10.3 Å². The van der Waals surface area contributed by atoms with Crippen LogP contribution in [0, 0.1) is 12.7 Å². The van der Waals surface area contributed by atoms with Crippen molar-refractivity contribution in [1.29, 1.82) is 0 Å². The summed E-state index contributed by atoms with van der Waals surface area (Å²) in [6.07, 6.45) is 4.09. The Bertz CT molecular complexity index is 468. The molecule has 1 unspecified atom stereocenters. The monoisotopic (exact) mass is 238 g/mol. The van der Waals surface area contributed by atoms with Crippen LogP contribution in [0.5, 0.6) is 0 Å². The van der Waals surface area contributed by atoms with Gasteiger partial charge in [-0.05, 0) is 13.8 Å². The van der Waals surface area contributed by atoms with Crippen molar-refractivity contribution in [3.63, 3.8) is 0 Å². The molecule has 0 radical (unpaired) electrons. The highest BCUT2D eigenvalue weighted by molar-refractivity contribution is 7.11. The van der Waals surface area contributed by atoms with Gasteiger partial charge in [-0.2, -0.15) is 0 Å². The van der Waals surface area contributed by atoms with E-state index < -0.39 is 5.82 Å². The summed E-state index contributed by atoms with van der Waals surface area (Å²) in [4.78, 5) is 13.1. The first kappa shape index (κ1) is 10.9. The van der Waals surface area contributed by atoms with E-state index in [4.69, 9.17) is 0 Å². The van der Waals surface area contributed by atoms with Crippen molar-refractivity contribution < 1.29 is 4.39 Å². The van der Waals surface area contributed by atoms with Crippen LogP contribution < -0.4 is 5.32 Å². The lowest BCUT2D eigenvalue weighted by molar-refractivity contribution is 0.613. The summed E-state index contributed by atoms with van der Waals surface area (Å²) in [6.45, 7) is 3.97. The number of rotatable bonds is 3. The quantitative estimate of drug-likeness (QED) is 0.892.